The summed E-state index contributed by atoms with van der Waals surface area (Å²) in [6.07, 6.45) is 3.94. The Hall–Kier alpha value is -2.08. The molecule has 1 unspecified atom stereocenters. The first kappa shape index (κ1) is 16.8. The number of rotatable bonds is 5. The van der Waals surface area contributed by atoms with E-state index in [1.807, 2.05) is 30.9 Å². The van der Waals surface area contributed by atoms with Gasteiger partial charge in [-0.2, -0.15) is 11.3 Å². The maximum atomic E-state index is 12.5. The van der Waals surface area contributed by atoms with E-state index >= 15 is 0 Å². The van der Waals surface area contributed by atoms with Gasteiger partial charge in [-0.15, -0.1) is 0 Å². The lowest BCUT2D eigenvalue weighted by Crippen LogP contribution is -2.39. The number of pyridine rings is 1. The van der Waals surface area contributed by atoms with Gasteiger partial charge in [0.1, 0.15) is 0 Å². The fourth-order valence-electron chi connectivity index (χ4n) is 2.93. The number of hydrogen-bond acceptors (Lipinski definition) is 4. The molecule has 0 saturated carbocycles. The normalized spacial score (nSPS) is 17.3. The fourth-order valence-corrected chi connectivity index (χ4v) is 3.63. The van der Waals surface area contributed by atoms with Gasteiger partial charge in [-0.3, -0.25) is 0 Å². The third-order valence-electron chi connectivity index (χ3n) is 4.04. The van der Waals surface area contributed by atoms with Crippen LogP contribution in [0.5, 0.6) is 5.88 Å². The van der Waals surface area contributed by atoms with Crippen LogP contribution in [0.2, 0.25) is 0 Å². The standard InChI is InChI=1S/C18H23N3O2S/c1-13(2)23-17-6-5-14(10-19-17)11-20-18(22)21-8-3-4-16(21)15-7-9-24-12-15/h5-7,9-10,12-13,16H,3-4,8,11H2,1-2H3,(H,20,22). The van der Waals surface area contributed by atoms with Crippen molar-refractivity contribution in [3.8, 4) is 5.88 Å². The molecule has 5 nitrogen and oxygen atoms in total. The highest BCUT2D eigenvalue weighted by Crippen LogP contribution is 2.32. The Kier molecular flexibility index (Phi) is 5.35. The molecule has 0 bridgehead atoms. The van der Waals surface area contributed by atoms with Gasteiger partial charge in [0.05, 0.1) is 12.1 Å². The second-order valence-corrected chi connectivity index (χ2v) is 7.02. The molecule has 0 spiro atoms. The van der Waals surface area contributed by atoms with E-state index in [1.54, 1.807) is 17.5 Å². The molecular formula is C18H23N3O2S. The molecule has 1 N–H and O–H groups in total. The number of nitrogens with zero attached hydrogens (tertiary/aromatic N) is 2. The zero-order valence-corrected chi connectivity index (χ0v) is 14.9. The minimum atomic E-state index is -0.00814. The van der Waals surface area contributed by atoms with Crippen molar-refractivity contribution < 1.29 is 9.53 Å². The van der Waals surface area contributed by atoms with Crippen molar-refractivity contribution in [1.29, 1.82) is 0 Å². The summed E-state index contributed by atoms with van der Waals surface area (Å²) in [7, 11) is 0. The second-order valence-electron chi connectivity index (χ2n) is 6.24. The van der Waals surface area contributed by atoms with Crippen LogP contribution in [0.4, 0.5) is 4.79 Å². The molecule has 1 saturated heterocycles. The summed E-state index contributed by atoms with van der Waals surface area (Å²) in [6, 6.07) is 6.08. The first-order valence-corrected chi connectivity index (χ1v) is 9.26. The summed E-state index contributed by atoms with van der Waals surface area (Å²) in [4.78, 5) is 18.7. The van der Waals surface area contributed by atoms with Gasteiger partial charge < -0.3 is 15.0 Å². The van der Waals surface area contributed by atoms with Gasteiger partial charge in [0, 0.05) is 25.4 Å². The Morgan fingerprint density at radius 1 is 1.46 bits per heavy atom. The van der Waals surface area contributed by atoms with E-state index < -0.39 is 0 Å². The van der Waals surface area contributed by atoms with Gasteiger partial charge in [-0.25, -0.2) is 9.78 Å². The lowest BCUT2D eigenvalue weighted by Gasteiger charge is -2.24. The Morgan fingerprint density at radius 3 is 3.00 bits per heavy atom. The van der Waals surface area contributed by atoms with Crippen molar-refractivity contribution >= 4 is 17.4 Å². The molecule has 3 rings (SSSR count). The maximum absolute atomic E-state index is 12.5. The van der Waals surface area contributed by atoms with E-state index in [9.17, 15) is 4.79 Å². The molecule has 1 fully saturated rings. The van der Waals surface area contributed by atoms with Gasteiger partial charge in [-0.1, -0.05) is 6.07 Å². The molecule has 128 valence electrons. The molecule has 0 aliphatic carbocycles. The lowest BCUT2D eigenvalue weighted by atomic mass is 10.1. The van der Waals surface area contributed by atoms with Gasteiger partial charge >= 0.3 is 6.03 Å². The maximum Gasteiger partial charge on any atom is 0.318 e. The molecule has 2 aromatic rings. The molecule has 2 aromatic heterocycles. The van der Waals surface area contributed by atoms with Crippen LogP contribution in [0.15, 0.2) is 35.2 Å². The Balaban J connectivity index is 1.55. The highest BCUT2D eigenvalue weighted by Gasteiger charge is 2.29. The molecule has 0 aromatic carbocycles. The highest BCUT2D eigenvalue weighted by atomic mass is 32.1. The number of carbonyl (C=O) groups is 1. The summed E-state index contributed by atoms with van der Waals surface area (Å²) < 4.78 is 5.53. The molecule has 3 heterocycles. The summed E-state index contributed by atoms with van der Waals surface area (Å²) in [5, 5.41) is 7.20. The number of thiophene rings is 1. The second kappa shape index (κ2) is 7.66. The molecule has 1 atom stereocenters. The Labute approximate surface area is 146 Å². The zero-order valence-electron chi connectivity index (χ0n) is 14.1. The van der Waals surface area contributed by atoms with Crippen LogP contribution >= 0.6 is 11.3 Å². The smallest absolute Gasteiger partial charge is 0.318 e. The van der Waals surface area contributed by atoms with Gasteiger partial charge in [-0.05, 0) is 54.6 Å². The number of amides is 2. The van der Waals surface area contributed by atoms with Crippen LogP contribution in [-0.2, 0) is 6.54 Å². The van der Waals surface area contributed by atoms with E-state index in [0.717, 1.165) is 24.9 Å². The topological polar surface area (TPSA) is 54.5 Å². The van der Waals surface area contributed by atoms with Crippen LogP contribution < -0.4 is 10.1 Å². The van der Waals surface area contributed by atoms with Crippen LogP contribution in [0.25, 0.3) is 0 Å². The number of hydrogen-bond donors (Lipinski definition) is 1. The minimum Gasteiger partial charge on any atom is -0.475 e. The van der Waals surface area contributed by atoms with Crippen LogP contribution in [0.3, 0.4) is 0 Å². The SMILES string of the molecule is CC(C)Oc1ccc(CNC(=O)N2CCCC2c2ccsc2)cn1. The van der Waals surface area contributed by atoms with Crippen LogP contribution in [0, 0.1) is 0 Å². The van der Waals surface area contributed by atoms with E-state index in [-0.39, 0.29) is 18.2 Å². The van der Waals surface area contributed by atoms with E-state index in [0.29, 0.717) is 12.4 Å². The van der Waals surface area contributed by atoms with Gasteiger partial charge in [0.25, 0.3) is 0 Å². The predicted molar refractivity (Wildman–Crippen MR) is 95.2 cm³/mol. The van der Waals surface area contributed by atoms with Gasteiger partial charge in [0.2, 0.25) is 5.88 Å². The van der Waals surface area contributed by atoms with Crippen molar-refractivity contribution in [3.05, 3.63) is 46.3 Å². The quantitative estimate of drug-likeness (QED) is 0.892. The summed E-state index contributed by atoms with van der Waals surface area (Å²) in [5.41, 5.74) is 2.20. The summed E-state index contributed by atoms with van der Waals surface area (Å²) in [5.74, 6) is 0.608. The Bertz CT molecular complexity index is 655. The Morgan fingerprint density at radius 2 is 2.33 bits per heavy atom. The summed E-state index contributed by atoms with van der Waals surface area (Å²) in [6.45, 7) is 5.22. The highest BCUT2D eigenvalue weighted by molar-refractivity contribution is 7.07. The molecule has 1 aliphatic heterocycles. The molecular weight excluding hydrogens is 322 g/mol. The van der Waals surface area contributed by atoms with Crippen LogP contribution in [0.1, 0.15) is 43.9 Å². The third-order valence-corrected chi connectivity index (χ3v) is 4.74. The fraction of sp³-hybridized carbons (Fsp3) is 0.444. The number of likely N-dealkylation sites (tertiary alicyclic amines) is 1. The van der Waals surface area contributed by atoms with Crippen molar-refractivity contribution in [2.75, 3.05) is 6.54 Å². The molecule has 0 radical (unpaired) electrons. The molecule has 24 heavy (non-hydrogen) atoms. The predicted octanol–water partition coefficient (Wildman–Crippen LogP) is 3.98. The minimum absolute atomic E-state index is 0.00814. The van der Waals surface area contributed by atoms with Gasteiger partial charge in [0.15, 0.2) is 0 Å². The monoisotopic (exact) mass is 345 g/mol. The van der Waals surface area contributed by atoms with Crippen LogP contribution in [-0.4, -0.2) is 28.6 Å². The summed E-state index contributed by atoms with van der Waals surface area (Å²) >= 11 is 1.68. The molecule has 1 aliphatic rings. The third kappa shape index (κ3) is 4.06. The first-order valence-electron chi connectivity index (χ1n) is 8.31. The van der Waals surface area contributed by atoms with Crippen molar-refractivity contribution in [2.24, 2.45) is 0 Å². The van der Waals surface area contributed by atoms with Crippen molar-refractivity contribution in [3.63, 3.8) is 0 Å². The molecule has 6 heteroatoms. The number of urea groups is 1. The van der Waals surface area contributed by atoms with Crippen molar-refractivity contribution in [2.45, 2.75) is 45.4 Å². The van der Waals surface area contributed by atoms with E-state index in [4.69, 9.17) is 4.74 Å². The average Bonchev–Trinajstić information content (AvgIpc) is 3.24. The number of ether oxygens (including phenoxy) is 1. The van der Waals surface area contributed by atoms with E-state index in [1.165, 1.54) is 5.56 Å². The lowest BCUT2D eigenvalue weighted by molar-refractivity contribution is 0.192. The largest absolute Gasteiger partial charge is 0.475 e. The van der Waals surface area contributed by atoms with E-state index in [2.05, 4.69) is 27.1 Å². The van der Waals surface area contributed by atoms with Crippen molar-refractivity contribution in [1.82, 2.24) is 15.2 Å². The zero-order chi connectivity index (χ0) is 16.9. The number of nitrogens with one attached hydrogen (secondary N) is 1. The number of aromatic nitrogens is 1. The first-order chi connectivity index (χ1) is 11.6. The number of carbonyl (C=O) groups excluding carboxylic acids is 1. The molecule has 2 amide bonds. The average molecular weight is 345 g/mol.